The Kier molecular flexibility index (Phi) is 3.53. The fourth-order valence-electron chi connectivity index (χ4n) is 0.368. The van der Waals surface area contributed by atoms with E-state index in [1.54, 1.807) is 0 Å². The van der Waals surface area contributed by atoms with Gasteiger partial charge in [0, 0.05) is 12.2 Å². The van der Waals surface area contributed by atoms with Gasteiger partial charge in [-0.1, -0.05) is 6.58 Å². The van der Waals surface area contributed by atoms with Gasteiger partial charge >= 0.3 is 12.1 Å². The molecule has 0 spiro atoms. The van der Waals surface area contributed by atoms with E-state index in [-0.39, 0.29) is 11.8 Å². The standard InChI is InChI=1S/C7H7F3O2/c1-5(2)12-6(11)3-4-7(8,9)10/h3-4H,1H2,2H3/b4-3+. The topological polar surface area (TPSA) is 26.3 Å². The molecule has 0 aliphatic rings. The smallest absolute Gasteiger partial charge is 0.410 e. The van der Waals surface area contributed by atoms with Crippen molar-refractivity contribution in [2.75, 3.05) is 0 Å². The molecule has 0 saturated heterocycles. The number of rotatable bonds is 2. The van der Waals surface area contributed by atoms with Crippen molar-refractivity contribution >= 4 is 5.97 Å². The highest BCUT2D eigenvalue weighted by Crippen LogP contribution is 2.15. The van der Waals surface area contributed by atoms with Crippen molar-refractivity contribution in [3.63, 3.8) is 0 Å². The predicted molar refractivity (Wildman–Crippen MR) is 36.1 cm³/mol. The van der Waals surface area contributed by atoms with Crippen LogP contribution in [0.4, 0.5) is 13.2 Å². The zero-order valence-electron chi connectivity index (χ0n) is 6.31. The van der Waals surface area contributed by atoms with E-state index in [1.165, 1.54) is 6.92 Å². The molecule has 0 aliphatic carbocycles. The molecule has 0 radical (unpaired) electrons. The number of esters is 1. The number of hydrogen-bond donors (Lipinski definition) is 0. The second-order valence-electron chi connectivity index (χ2n) is 2.00. The third-order valence-corrected chi connectivity index (χ3v) is 0.683. The van der Waals surface area contributed by atoms with Crippen molar-refractivity contribution in [1.29, 1.82) is 0 Å². The van der Waals surface area contributed by atoms with Gasteiger partial charge in [-0.3, -0.25) is 0 Å². The molecule has 0 unspecified atom stereocenters. The van der Waals surface area contributed by atoms with Crippen molar-refractivity contribution in [3.05, 3.63) is 24.5 Å². The Balaban J connectivity index is 4.01. The fraction of sp³-hybridized carbons (Fsp3) is 0.286. The molecule has 68 valence electrons. The summed E-state index contributed by atoms with van der Waals surface area (Å²) in [7, 11) is 0. The third kappa shape index (κ3) is 6.85. The van der Waals surface area contributed by atoms with Crippen molar-refractivity contribution < 1.29 is 22.7 Å². The van der Waals surface area contributed by atoms with Gasteiger partial charge in [0.1, 0.15) is 0 Å². The van der Waals surface area contributed by atoms with Crippen LogP contribution in [0, 0.1) is 0 Å². The minimum absolute atomic E-state index is 0.0480. The van der Waals surface area contributed by atoms with Crippen LogP contribution in [0.5, 0.6) is 0 Å². The lowest BCUT2D eigenvalue weighted by molar-refractivity contribution is -0.134. The van der Waals surface area contributed by atoms with Gasteiger partial charge in [-0.05, 0) is 6.92 Å². The van der Waals surface area contributed by atoms with E-state index in [0.717, 1.165) is 0 Å². The molecular formula is C7H7F3O2. The summed E-state index contributed by atoms with van der Waals surface area (Å²) < 4.78 is 38.5. The monoisotopic (exact) mass is 180 g/mol. The minimum Gasteiger partial charge on any atom is -0.429 e. The van der Waals surface area contributed by atoms with Crippen LogP contribution in [0.2, 0.25) is 0 Å². The molecule has 5 heteroatoms. The summed E-state index contributed by atoms with van der Waals surface area (Å²) in [5.41, 5.74) is 0. The molecule has 0 fully saturated rings. The first-order valence-electron chi connectivity index (χ1n) is 2.94. The number of halogens is 3. The van der Waals surface area contributed by atoms with Gasteiger partial charge in [0.25, 0.3) is 0 Å². The molecule has 0 aromatic rings. The quantitative estimate of drug-likeness (QED) is 0.370. The molecule has 0 saturated carbocycles. The lowest BCUT2D eigenvalue weighted by Gasteiger charge is -1.99. The summed E-state index contributed by atoms with van der Waals surface area (Å²) in [6.07, 6.45) is -4.39. The van der Waals surface area contributed by atoms with Crippen LogP contribution >= 0.6 is 0 Å². The van der Waals surface area contributed by atoms with Crippen molar-refractivity contribution in [2.24, 2.45) is 0 Å². The molecule has 0 rings (SSSR count). The lowest BCUT2D eigenvalue weighted by atomic mass is 10.5. The molecule has 0 aliphatic heterocycles. The number of alkyl halides is 3. The second kappa shape index (κ2) is 3.94. The average molecular weight is 180 g/mol. The van der Waals surface area contributed by atoms with Crippen LogP contribution in [0.15, 0.2) is 24.5 Å². The number of allylic oxidation sites excluding steroid dienone is 2. The predicted octanol–water partition coefficient (Wildman–Crippen LogP) is 2.18. The summed E-state index contributed by atoms with van der Waals surface area (Å²) >= 11 is 0. The lowest BCUT2D eigenvalue weighted by Crippen LogP contribution is -2.04. The van der Waals surface area contributed by atoms with E-state index in [2.05, 4.69) is 11.3 Å². The maximum atomic E-state index is 11.4. The Bertz CT molecular complexity index is 215. The Hall–Kier alpha value is -1.26. The number of ether oxygens (including phenoxy) is 1. The SMILES string of the molecule is C=C(C)OC(=O)/C=C/C(F)(F)F. The van der Waals surface area contributed by atoms with E-state index in [1.807, 2.05) is 0 Å². The van der Waals surface area contributed by atoms with E-state index in [9.17, 15) is 18.0 Å². The van der Waals surface area contributed by atoms with Crippen LogP contribution in [0.1, 0.15) is 6.92 Å². The van der Waals surface area contributed by atoms with Crippen LogP contribution < -0.4 is 0 Å². The first-order chi connectivity index (χ1) is 5.31. The van der Waals surface area contributed by atoms with Gasteiger partial charge in [0.15, 0.2) is 0 Å². The molecule has 0 bridgehead atoms. The Labute approximate surface area is 67.3 Å². The Morgan fingerprint density at radius 1 is 1.50 bits per heavy atom. The highest BCUT2D eigenvalue weighted by Gasteiger charge is 2.22. The Morgan fingerprint density at radius 2 is 2.00 bits per heavy atom. The molecule has 0 atom stereocenters. The van der Waals surface area contributed by atoms with E-state index >= 15 is 0 Å². The molecule has 0 aromatic carbocycles. The second-order valence-corrected chi connectivity index (χ2v) is 2.00. The molecule has 12 heavy (non-hydrogen) atoms. The fourth-order valence-corrected chi connectivity index (χ4v) is 0.368. The minimum atomic E-state index is -4.49. The zero-order chi connectivity index (χ0) is 9.78. The number of hydrogen-bond acceptors (Lipinski definition) is 2. The summed E-state index contributed by atoms with van der Waals surface area (Å²) in [5.74, 6) is -1.04. The van der Waals surface area contributed by atoms with Crippen molar-refractivity contribution in [1.82, 2.24) is 0 Å². The first-order valence-corrected chi connectivity index (χ1v) is 2.94. The molecule has 0 heterocycles. The number of carbonyl (C=O) groups is 1. The van der Waals surface area contributed by atoms with Gasteiger partial charge in [-0.15, -0.1) is 0 Å². The van der Waals surface area contributed by atoms with Crippen LogP contribution in [-0.2, 0) is 9.53 Å². The van der Waals surface area contributed by atoms with Crippen molar-refractivity contribution in [3.8, 4) is 0 Å². The van der Waals surface area contributed by atoms with Gasteiger partial charge in [-0.25, -0.2) is 4.79 Å². The zero-order valence-corrected chi connectivity index (χ0v) is 6.31. The van der Waals surface area contributed by atoms with Crippen LogP contribution in [0.25, 0.3) is 0 Å². The van der Waals surface area contributed by atoms with Crippen LogP contribution in [0.3, 0.4) is 0 Å². The van der Waals surface area contributed by atoms with Gasteiger partial charge in [0.2, 0.25) is 0 Å². The van der Waals surface area contributed by atoms with E-state index in [4.69, 9.17) is 0 Å². The summed E-state index contributed by atoms with van der Waals surface area (Å²) in [5, 5.41) is 0. The Morgan fingerprint density at radius 3 is 2.33 bits per heavy atom. The normalized spacial score (nSPS) is 11.7. The third-order valence-electron chi connectivity index (χ3n) is 0.683. The van der Waals surface area contributed by atoms with E-state index < -0.39 is 12.1 Å². The maximum absolute atomic E-state index is 11.4. The van der Waals surface area contributed by atoms with Crippen LogP contribution in [-0.4, -0.2) is 12.1 Å². The first kappa shape index (κ1) is 10.7. The summed E-state index contributed by atoms with van der Waals surface area (Å²) in [6.45, 7) is 4.54. The van der Waals surface area contributed by atoms with Gasteiger partial charge < -0.3 is 4.74 Å². The van der Waals surface area contributed by atoms with E-state index in [0.29, 0.717) is 6.08 Å². The van der Waals surface area contributed by atoms with Gasteiger partial charge in [-0.2, -0.15) is 13.2 Å². The molecule has 0 amide bonds. The largest absolute Gasteiger partial charge is 0.429 e. The van der Waals surface area contributed by atoms with Crippen molar-refractivity contribution in [2.45, 2.75) is 13.1 Å². The van der Waals surface area contributed by atoms with Gasteiger partial charge in [0.05, 0.1) is 5.76 Å². The maximum Gasteiger partial charge on any atom is 0.410 e. The molecular weight excluding hydrogens is 173 g/mol. The molecule has 0 N–H and O–H groups in total. The summed E-state index contributed by atoms with van der Waals surface area (Å²) in [6, 6.07) is 0. The molecule has 2 nitrogen and oxygen atoms in total. The summed E-state index contributed by atoms with van der Waals surface area (Å²) in [4.78, 5) is 10.4. The highest BCUT2D eigenvalue weighted by molar-refractivity contribution is 5.82. The highest BCUT2D eigenvalue weighted by atomic mass is 19.4. The average Bonchev–Trinajstić information content (AvgIpc) is 1.80. The number of carbonyl (C=O) groups excluding carboxylic acids is 1. The molecule has 0 aromatic heterocycles.